The van der Waals surface area contributed by atoms with Crippen molar-refractivity contribution in [3.63, 3.8) is 0 Å². The first kappa shape index (κ1) is 62.9. The van der Waals surface area contributed by atoms with Crippen LogP contribution in [-0.4, -0.2) is 143 Å². The molecule has 0 saturated carbocycles. The van der Waals surface area contributed by atoms with Gasteiger partial charge < -0.3 is 75.5 Å². The van der Waals surface area contributed by atoms with E-state index in [0.717, 1.165) is 0 Å². The minimum atomic E-state index is -1.60. The van der Waals surface area contributed by atoms with Gasteiger partial charge in [-0.05, 0) is 74.5 Å². The summed E-state index contributed by atoms with van der Waals surface area (Å²) < 4.78 is 0. The Labute approximate surface area is 431 Å². The van der Waals surface area contributed by atoms with Gasteiger partial charge >= 0.3 is 11.9 Å². The predicted octanol–water partition coefficient (Wildman–Crippen LogP) is -1.59. The van der Waals surface area contributed by atoms with Crippen LogP contribution in [0.5, 0.6) is 0 Å². The van der Waals surface area contributed by atoms with Crippen molar-refractivity contribution in [3.05, 3.63) is 71.8 Å². The summed E-state index contributed by atoms with van der Waals surface area (Å²) in [5.41, 5.74) is 23.6. The third kappa shape index (κ3) is 23.6. The summed E-state index contributed by atoms with van der Waals surface area (Å²) in [6, 6.07) is 6.04. The van der Waals surface area contributed by atoms with E-state index in [-0.39, 0.29) is 63.5 Å². The van der Waals surface area contributed by atoms with Crippen LogP contribution in [0.4, 0.5) is 0 Å². The molecule has 9 atom stereocenters. The van der Waals surface area contributed by atoms with Crippen LogP contribution in [0.25, 0.3) is 0 Å². The van der Waals surface area contributed by atoms with E-state index in [1.165, 1.54) is 0 Å². The van der Waals surface area contributed by atoms with Crippen LogP contribution < -0.4 is 60.2 Å². The lowest BCUT2D eigenvalue weighted by molar-refractivity contribution is -0.144. The lowest BCUT2D eigenvalue weighted by atomic mass is 9.97. The Morgan fingerprint density at radius 2 is 1.01 bits per heavy atom. The fourth-order valence-corrected chi connectivity index (χ4v) is 7.54. The molecular formula is C50H78N12O12. The summed E-state index contributed by atoms with van der Waals surface area (Å²) in [5.74, 6) is -9.40. The van der Waals surface area contributed by atoms with Crippen LogP contribution in [0.15, 0.2) is 65.7 Å². The molecule has 0 aromatic heterocycles. The van der Waals surface area contributed by atoms with Gasteiger partial charge in [0.2, 0.25) is 41.4 Å². The smallest absolute Gasteiger partial charge is 0.326 e. The minimum Gasteiger partial charge on any atom is -0.481 e. The Bertz CT molecular complexity index is 2160. The summed E-state index contributed by atoms with van der Waals surface area (Å²) >= 11 is 0. The maximum atomic E-state index is 14.3. The van der Waals surface area contributed by atoms with Gasteiger partial charge in [0, 0.05) is 25.8 Å². The SMILES string of the molecule is CC[C@H](C)[C@H](NC(=O)[C@H](CC(C)C)NC(=O)[C@H](Cc1ccccc1)NC(=O)[C@H](CCC(=O)O)NC(=O)[C@H](CCCCN)NC(=O)[C@H](Cc1ccccc1)NC(=O)[C@H](CO)NC(=O)[C@@H](N)CCCN=C(N)N)C(=O)O. The van der Waals surface area contributed by atoms with Crippen LogP contribution in [0.3, 0.4) is 0 Å². The van der Waals surface area contributed by atoms with E-state index in [4.69, 9.17) is 22.9 Å². The molecule has 0 spiro atoms. The molecule has 2 aromatic carbocycles. The number of nitrogens with two attached hydrogens (primary N) is 4. The molecule has 0 aliphatic carbocycles. The van der Waals surface area contributed by atoms with Crippen molar-refractivity contribution < 1.29 is 58.5 Å². The fraction of sp³-hybridized carbons (Fsp3) is 0.560. The van der Waals surface area contributed by atoms with Crippen LogP contribution in [0.2, 0.25) is 0 Å². The highest BCUT2D eigenvalue weighted by atomic mass is 16.4. The number of carboxylic acid groups (broad SMARTS) is 2. The van der Waals surface area contributed by atoms with Crippen molar-refractivity contribution in [1.82, 2.24) is 37.2 Å². The van der Waals surface area contributed by atoms with E-state index in [0.29, 0.717) is 30.4 Å². The average molecular weight is 1040 g/mol. The second-order valence-electron chi connectivity index (χ2n) is 18.5. The van der Waals surface area contributed by atoms with Crippen LogP contribution in [0.1, 0.15) is 96.6 Å². The number of benzene rings is 2. The zero-order valence-corrected chi connectivity index (χ0v) is 42.7. The molecule has 0 unspecified atom stereocenters. The van der Waals surface area contributed by atoms with Gasteiger partial charge in [-0.3, -0.25) is 43.3 Å². The molecule has 24 heteroatoms. The number of amides is 7. The molecule has 410 valence electrons. The molecule has 24 nitrogen and oxygen atoms in total. The van der Waals surface area contributed by atoms with Gasteiger partial charge in [0.1, 0.15) is 42.3 Å². The zero-order chi connectivity index (χ0) is 55.3. The third-order valence-corrected chi connectivity index (χ3v) is 11.9. The van der Waals surface area contributed by atoms with E-state index in [2.05, 4.69) is 42.2 Å². The largest absolute Gasteiger partial charge is 0.481 e. The number of carboxylic acids is 2. The summed E-state index contributed by atoms with van der Waals surface area (Å²) in [5, 5.41) is 47.7. The number of carbonyl (C=O) groups excluding carboxylic acids is 7. The lowest BCUT2D eigenvalue weighted by Gasteiger charge is -2.28. The summed E-state index contributed by atoms with van der Waals surface area (Å²) in [6.45, 7) is 6.57. The average Bonchev–Trinajstić information content (AvgIpc) is 3.35. The number of hydrogen-bond acceptors (Lipinski definition) is 13. The number of rotatable bonds is 35. The van der Waals surface area contributed by atoms with Gasteiger partial charge in [-0.1, -0.05) is 94.8 Å². The Hall–Kier alpha value is -7.18. The number of guanidine groups is 1. The quantitative estimate of drug-likeness (QED) is 0.0210. The Morgan fingerprint density at radius 3 is 1.46 bits per heavy atom. The summed E-state index contributed by atoms with van der Waals surface area (Å²) in [6.07, 6.45) is 0.307. The van der Waals surface area contributed by atoms with Crippen LogP contribution >= 0.6 is 0 Å². The van der Waals surface area contributed by atoms with Gasteiger partial charge in [-0.25, -0.2) is 4.79 Å². The molecule has 7 amide bonds. The molecule has 0 heterocycles. The number of hydrogen-bond donors (Lipinski definition) is 14. The van der Waals surface area contributed by atoms with Gasteiger partial charge in [0.15, 0.2) is 5.96 Å². The molecule has 2 rings (SSSR count). The number of aliphatic imine (C=N–C) groups is 1. The maximum absolute atomic E-state index is 14.3. The Morgan fingerprint density at radius 1 is 0.568 bits per heavy atom. The van der Waals surface area contributed by atoms with Crippen molar-refractivity contribution in [2.24, 2.45) is 39.8 Å². The van der Waals surface area contributed by atoms with E-state index in [9.17, 15) is 58.5 Å². The standard InChI is InChI=1S/C50H78N12O12/c1-5-30(4)41(49(73)74)62-47(71)36(25-29(2)3)58-46(70)38(27-32-17-10-7-11-18-32)59-44(68)35(21-22-40(64)65)57-43(67)34(20-12-13-23-51)56-45(69)37(26-31-15-8-6-9-16-31)60-48(72)39(28-63)61-42(66)33(52)19-14-24-55-50(53)54/h6-11,15-18,29-30,33-39,41,63H,5,12-14,19-28,51-52H2,1-4H3,(H,56,69)(H,57,67)(H,58,70)(H,59,68)(H,60,72)(H,61,66)(H,62,71)(H,64,65)(H,73,74)(H4,53,54,55)/t30-,33-,34-,35-,36-,37-,38-,39-,41-/m0/s1. The molecular weight excluding hydrogens is 961 g/mol. The Kier molecular flexibility index (Phi) is 28.5. The molecule has 0 aliphatic rings. The number of aliphatic hydroxyl groups is 1. The van der Waals surface area contributed by atoms with Crippen LogP contribution in [-0.2, 0) is 56.0 Å². The van der Waals surface area contributed by atoms with Gasteiger partial charge in [-0.15, -0.1) is 0 Å². The number of aliphatic carboxylic acids is 2. The predicted molar refractivity (Wildman–Crippen MR) is 275 cm³/mol. The zero-order valence-electron chi connectivity index (χ0n) is 42.7. The third-order valence-electron chi connectivity index (χ3n) is 11.9. The highest BCUT2D eigenvalue weighted by Crippen LogP contribution is 2.14. The normalized spacial score (nSPS) is 14.7. The number of carbonyl (C=O) groups is 9. The molecule has 0 saturated heterocycles. The van der Waals surface area contributed by atoms with Gasteiger partial charge in [0.05, 0.1) is 12.6 Å². The maximum Gasteiger partial charge on any atom is 0.326 e. The van der Waals surface area contributed by atoms with Crippen molar-refractivity contribution in [2.45, 2.75) is 147 Å². The van der Waals surface area contributed by atoms with E-state index >= 15 is 0 Å². The summed E-state index contributed by atoms with van der Waals surface area (Å²) in [7, 11) is 0. The highest BCUT2D eigenvalue weighted by Gasteiger charge is 2.35. The second-order valence-corrected chi connectivity index (χ2v) is 18.5. The van der Waals surface area contributed by atoms with E-state index in [1.54, 1.807) is 88.4 Å². The molecule has 0 aliphatic heterocycles. The first-order valence-corrected chi connectivity index (χ1v) is 24.9. The molecule has 2 aromatic rings. The number of unbranched alkanes of at least 4 members (excludes halogenated alkanes) is 1. The molecule has 18 N–H and O–H groups in total. The highest BCUT2D eigenvalue weighted by molar-refractivity contribution is 5.98. The lowest BCUT2D eigenvalue weighted by Crippen LogP contribution is -2.61. The topological polar surface area (TPSA) is 415 Å². The minimum absolute atomic E-state index is 0.0391. The van der Waals surface area contributed by atoms with Crippen molar-refractivity contribution in [3.8, 4) is 0 Å². The Balaban J connectivity index is 2.48. The number of aliphatic hydroxyl groups excluding tert-OH is 1. The first-order chi connectivity index (χ1) is 35.1. The van der Waals surface area contributed by atoms with E-state index in [1.807, 2.05) is 0 Å². The number of nitrogens with zero attached hydrogens (tertiary/aromatic N) is 1. The molecule has 0 radical (unpaired) electrons. The van der Waals surface area contributed by atoms with Crippen molar-refractivity contribution >= 4 is 59.2 Å². The monoisotopic (exact) mass is 1040 g/mol. The molecule has 0 bridgehead atoms. The molecule has 0 fully saturated rings. The van der Waals surface area contributed by atoms with Crippen molar-refractivity contribution in [1.29, 1.82) is 0 Å². The van der Waals surface area contributed by atoms with Crippen LogP contribution in [0, 0.1) is 11.8 Å². The first-order valence-electron chi connectivity index (χ1n) is 24.9. The van der Waals surface area contributed by atoms with E-state index < -0.39 is 127 Å². The summed E-state index contributed by atoms with van der Waals surface area (Å²) in [4.78, 5) is 125. The second kappa shape index (κ2) is 33.5. The fourth-order valence-electron chi connectivity index (χ4n) is 7.54. The van der Waals surface area contributed by atoms with Gasteiger partial charge in [0.25, 0.3) is 0 Å². The molecule has 74 heavy (non-hydrogen) atoms. The van der Waals surface area contributed by atoms with Gasteiger partial charge in [-0.2, -0.15) is 0 Å². The number of nitrogens with one attached hydrogen (secondary N) is 7. The van der Waals surface area contributed by atoms with Crippen molar-refractivity contribution in [2.75, 3.05) is 19.7 Å².